The highest BCUT2D eigenvalue weighted by Gasteiger charge is 2.14. The lowest BCUT2D eigenvalue weighted by Gasteiger charge is -2.16. The van der Waals surface area contributed by atoms with Gasteiger partial charge in [0.15, 0.2) is 0 Å². The summed E-state index contributed by atoms with van der Waals surface area (Å²) in [6, 6.07) is 13.2. The Balaban J connectivity index is 1.92. The lowest BCUT2D eigenvalue weighted by molar-refractivity contribution is 0.550. The number of rotatable bonds is 4. The number of nitrogens with two attached hydrogens (primary N) is 1. The minimum Gasteiger partial charge on any atom is -0.271 e. The fourth-order valence-electron chi connectivity index (χ4n) is 2.41. The summed E-state index contributed by atoms with van der Waals surface area (Å²) in [5, 5.41) is 3.41. The van der Waals surface area contributed by atoms with Gasteiger partial charge in [0, 0.05) is 4.70 Å². The van der Waals surface area contributed by atoms with E-state index in [1.54, 1.807) is 23.5 Å². The van der Waals surface area contributed by atoms with Crippen LogP contribution in [0.25, 0.3) is 10.1 Å². The average molecular weight is 365 g/mol. The summed E-state index contributed by atoms with van der Waals surface area (Å²) in [5.74, 6) is 5.43. The number of nitrogens with one attached hydrogen (secondary N) is 1. The average Bonchev–Trinajstić information content (AvgIpc) is 2.91. The number of benzene rings is 2. The fourth-order valence-corrected chi connectivity index (χ4v) is 3.79. The molecule has 108 valence electrons. The van der Waals surface area contributed by atoms with E-state index < -0.39 is 0 Å². The van der Waals surface area contributed by atoms with Crippen LogP contribution in [-0.4, -0.2) is 0 Å². The number of hydrogen-bond acceptors (Lipinski definition) is 3. The van der Waals surface area contributed by atoms with Gasteiger partial charge in [0.25, 0.3) is 0 Å². The van der Waals surface area contributed by atoms with Crippen LogP contribution in [0.2, 0.25) is 0 Å². The normalized spacial score (nSPS) is 12.7. The molecule has 3 aromatic rings. The third kappa shape index (κ3) is 3.01. The van der Waals surface area contributed by atoms with Crippen LogP contribution in [0, 0.1) is 5.82 Å². The molecule has 0 fully saturated rings. The van der Waals surface area contributed by atoms with Crippen molar-refractivity contribution in [3.63, 3.8) is 0 Å². The number of hydrogen-bond donors (Lipinski definition) is 2. The van der Waals surface area contributed by atoms with E-state index in [1.807, 2.05) is 12.1 Å². The van der Waals surface area contributed by atoms with Gasteiger partial charge in [-0.25, -0.2) is 4.39 Å². The largest absolute Gasteiger partial charge is 0.271 e. The summed E-state index contributed by atoms with van der Waals surface area (Å²) >= 11 is 4.95. The Kier molecular flexibility index (Phi) is 4.35. The second-order valence-electron chi connectivity index (χ2n) is 4.85. The Bertz CT molecular complexity index is 772. The van der Waals surface area contributed by atoms with Crippen molar-refractivity contribution >= 4 is 37.4 Å². The van der Waals surface area contributed by atoms with E-state index in [2.05, 4.69) is 38.9 Å². The number of thiophene rings is 1. The molecule has 0 radical (unpaired) electrons. The molecule has 21 heavy (non-hydrogen) atoms. The summed E-state index contributed by atoms with van der Waals surface area (Å²) in [6.45, 7) is 0. The summed E-state index contributed by atoms with van der Waals surface area (Å²) in [7, 11) is 0. The van der Waals surface area contributed by atoms with Crippen molar-refractivity contribution < 1.29 is 4.39 Å². The van der Waals surface area contributed by atoms with Crippen molar-refractivity contribution in [3.05, 3.63) is 69.3 Å². The zero-order valence-corrected chi connectivity index (χ0v) is 13.5. The highest BCUT2D eigenvalue weighted by Crippen LogP contribution is 2.30. The van der Waals surface area contributed by atoms with Crippen LogP contribution in [-0.2, 0) is 6.42 Å². The summed E-state index contributed by atoms with van der Waals surface area (Å²) in [5.41, 5.74) is 5.04. The Morgan fingerprint density at radius 2 is 2.05 bits per heavy atom. The van der Waals surface area contributed by atoms with Crippen LogP contribution in [0.4, 0.5) is 4.39 Å². The monoisotopic (exact) mass is 364 g/mol. The second-order valence-corrected chi connectivity index (χ2v) is 6.62. The fraction of sp³-hybridized carbons (Fsp3) is 0.125. The maximum atomic E-state index is 13.4. The van der Waals surface area contributed by atoms with Gasteiger partial charge in [-0.2, -0.15) is 0 Å². The van der Waals surface area contributed by atoms with Gasteiger partial charge in [-0.05, 0) is 62.4 Å². The zero-order valence-electron chi connectivity index (χ0n) is 11.1. The van der Waals surface area contributed by atoms with Gasteiger partial charge in [-0.3, -0.25) is 11.3 Å². The first-order valence-corrected chi connectivity index (χ1v) is 8.22. The quantitative estimate of drug-likeness (QED) is 0.526. The Morgan fingerprint density at radius 1 is 1.24 bits per heavy atom. The molecule has 1 aromatic heterocycles. The molecule has 1 atom stereocenters. The molecular formula is C16H14BrFN2S. The van der Waals surface area contributed by atoms with Gasteiger partial charge >= 0.3 is 0 Å². The molecular weight excluding hydrogens is 351 g/mol. The van der Waals surface area contributed by atoms with Gasteiger partial charge < -0.3 is 0 Å². The number of hydrazine groups is 1. The van der Waals surface area contributed by atoms with Crippen LogP contribution in [0.5, 0.6) is 0 Å². The lowest BCUT2D eigenvalue weighted by Crippen LogP contribution is -2.29. The topological polar surface area (TPSA) is 38.0 Å². The maximum absolute atomic E-state index is 13.4. The number of fused-ring (bicyclic) bond motifs is 1. The van der Waals surface area contributed by atoms with Crippen LogP contribution < -0.4 is 11.3 Å². The van der Waals surface area contributed by atoms with Gasteiger partial charge in [0.2, 0.25) is 0 Å². The first kappa shape index (κ1) is 14.7. The molecule has 0 bridgehead atoms. The molecule has 1 unspecified atom stereocenters. The molecule has 0 saturated carbocycles. The molecule has 2 aromatic carbocycles. The highest BCUT2D eigenvalue weighted by molar-refractivity contribution is 9.10. The Labute approximate surface area is 134 Å². The van der Waals surface area contributed by atoms with E-state index in [0.29, 0.717) is 4.47 Å². The molecule has 3 N–H and O–H groups in total. The Hall–Kier alpha value is -1.27. The smallest absolute Gasteiger partial charge is 0.137 e. The van der Waals surface area contributed by atoms with Crippen molar-refractivity contribution in [2.45, 2.75) is 12.5 Å². The van der Waals surface area contributed by atoms with Gasteiger partial charge in [-0.1, -0.05) is 24.3 Å². The Morgan fingerprint density at radius 3 is 2.81 bits per heavy atom. The molecule has 0 amide bonds. The van der Waals surface area contributed by atoms with E-state index in [9.17, 15) is 4.39 Å². The molecule has 1 heterocycles. The maximum Gasteiger partial charge on any atom is 0.137 e. The first-order chi connectivity index (χ1) is 10.2. The second kappa shape index (κ2) is 6.23. The van der Waals surface area contributed by atoms with Crippen molar-refractivity contribution in [1.29, 1.82) is 0 Å². The molecule has 2 nitrogen and oxygen atoms in total. The van der Waals surface area contributed by atoms with Crippen molar-refractivity contribution in [2.24, 2.45) is 5.84 Å². The van der Waals surface area contributed by atoms with E-state index in [4.69, 9.17) is 5.84 Å². The molecule has 0 aliphatic carbocycles. The molecule has 3 rings (SSSR count). The molecule has 0 saturated heterocycles. The molecule has 5 heteroatoms. The van der Waals surface area contributed by atoms with E-state index >= 15 is 0 Å². The van der Waals surface area contributed by atoms with Crippen molar-refractivity contribution in [2.75, 3.05) is 0 Å². The van der Waals surface area contributed by atoms with Crippen LogP contribution in [0.3, 0.4) is 0 Å². The van der Waals surface area contributed by atoms with E-state index in [0.717, 1.165) is 12.0 Å². The van der Waals surface area contributed by atoms with Crippen LogP contribution in [0.15, 0.2) is 52.3 Å². The standard InChI is InChI=1S/C16H14BrFN2S/c17-13-7-10(5-6-14(13)18)15(20-19)8-11-9-21-16-4-2-1-3-12(11)16/h1-7,9,15,20H,8,19H2. The van der Waals surface area contributed by atoms with Crippen molar-refractivity contribution in [1.82, 2.24) is 5.43 Å². The summed E-state index contributed by atoms with van der Waals surface area (Å²) in [4.78, 5) is 0. The minimum atomic E-state index is -0.268. The minimum absolute atomic E-state index is 0.0556. The molecule has 0 spiro atoms. The van der Waals surface area contributed by atoms with Crippen LogP contribution in [0.1, 0.15) is 17.2 Å². The molecule has 0 aliphatic heterocycles. The summed E-state index contributed by atoms with van der Waals surface area (Å²) in [6.07, 6.45) is 0.762. The number of halogens is 2. The van der Waals surface area contributed by atoms with Crippen molar-refractivity contribution in [3.8, 4) is 0 Å². The highest BCUT2D eigenvalue weighted by atomic mass is 79.9. The van der Waals surface area contributed by atoms with Gasteiger partial charge in [0.1, 0.15) is 5.82 Å². The predicted molar refractivity (Wildman–Crippen MR) is 89.7 cm³/mol. The van der Waals surface area contributed by atoms with Crippen LogP contribution >= 0.6 is 27.3 Å². The first-order valence-electron chi connectivity index (χ1n) is 6.55. The predicted octanol–water partition coefficient (Wildman–Crippen LogP) is 4.55. The van der Waals surface area contributed by atoms with Gasteiger partial charge in [-0.15, -0.1) is 11.3 Å². The third-order valence-corrected chi connectivity index (χ3v) is 5.15. The zero-order chi connectivity index (χ0) is 14.8. The van der Waals surface area contributed by atoms with Gasteiger partial charge in [0.05, 0.1) is 10.5 Å². The van der Waals surface area contributed by atoms with E-state index in [1.165, 1.54) is 21.7 Å². The SMILES string of the molecule is NNC(Cc1csc2ccccc12)c1ccc(F)c(Br)c1. The lowest BCUT2D eigenvalue weighted by atomic mass is 9.99. The summed E-state index contributed by atoms with van der Waals surface area (Å²) < 4.78 is 15.1. The third-order valence-electron chi connectivity index (χ3n) is 3.53. The van der Waals surface area contributed by atoms with E-state index in [-0.39, 0.29) is 11.9 Å². The molecule has 0 aliphatic rings.